The molecule has 0 aliphatic carbocycles. The molecule has 0 radical (unpaired) electrons. The van der Waals surface area contributed by atoms with Crippen LogP contribution in [0, 0.1) is 0 Å². The summed E-state index contributed by atoms with van der Waals surface area (Å²) < 4.78 is 0. The molecule has 2 atom stereocenters. The standard InChI is InChI=1S/C14H18N2O3/c1-10(11-6-4-3-5-7-11)16-12(14(18)19)8-15(2)9-13(16)17/h3-7,10,12H,8-9H2,1-2H3,(H,18,19). The molecule has 0 aromatic heterocycles. The topological polar surface area (TPSA) is 60.9 Å². The van der Waals surface area contributed by atoms with Gasteiger partial charge < -0.3 is 10.0 Å². The average Bonchev–Trinajstić information content (AvgIpc) is 2.38. The number of nitrogens with zero attached hydrogens (tertiary/aromatic N) is 2. The molecule has 1 aliphatic rings. The summed E-state index contributed by atoms with van der Waals surface area (Å²) in [6.07, 6.45) is 0. The summed E-state index contributed by atoms with van der Waals surface area (Å²) in [7, 11) is 1.76. The van der Waals surface area contributed by atoms with E-state index in [1.165, 1.54) is 4.90 Å². The molecule has 0 spiro atoms. The van der Waals surface area contributed by atoms with Crippen LogP contribution in [0.25, 0.3) is 0 Å². The van der Waals surface area contributed by atoms with Gasteiger partial charge in [0, 0.05) is 6.54 Å². The van der Waals surface area contributed by atoms with Gasteiger partial charge >= 0.3 is 5.97 Å². The monoisotopic (exact) mass is 262 g/mol. The number of hydrogen-bond donors (Lipinski definition) is 1. The van der Waals surface area contributed by atoms with Gasteiger partial charge in [-0.3, -0.25) is 9.69 Å². The number of rotatable bonds is 3. The molecule has 1 N–H and O–H groups in total. The van der Waals surface area contributed by atoms with E-state index in [1.54, 1.807) is 11.9 Å². The van der Waals surface area contributed by atoms with Crippen LogP contribution in [0.4, 0.5) is 0 Å². The van der Waals surface area contributed by atoms with Gasteiger partial charge in [-0.25, -0.2) is 4.79 Å². The first-order chi connectivity index (χ1) is 9.00. The quantitative estimate of drug-likeness (QED) is 0.882. The van der Waals surface area contributed by atoms with Gasteiger partial charge in [-0.1, -0.05) is 30.3 Å². The predicted molar refractivity (Wildman–Crippen MR) is 70.6 cm³/mol. The summed E-state index contributed by atoms with van der Waals surface area (Å²) in [5.74, 6) is -1.10. The van der Waals surface area contributed by atoms with Gasteiger partial charge in [0.05, 0.1) is 12.6 Å². The Bertz CT molecular complexity index is 475. The molecule has 1 saturated heterocycles. The molecule has 19 heavy (non-hydrogen) atoms. The normalized spacial score (nSPS) is 22.3. The number of hydrogen-bond acceptors (Lipinski definition) is 3. The second-order valence-electron chi connectivity index (χ2n) is 4.94. The van der Waals surface area contributed by atoms with Gasteiger partial charge in [0.25, 0.3) is 0 Å². The fourth-order valence-corrected chi connectivity index (χ4v) is 2.51. The first-order valence-corrected chi connectivity index (χ1v) is 6.28. The highest BCUT2D eigenvalue weighted by Gasteiger charge is 2.38. The molecule has 1 amide bonds. The van der Waals surface area contributed by atoms with Crippen LogP contribution in [0.15, 0.2) is 30.3 Å². The van der Waals surface area contributed by atoms with Crippen LogP contribution in [-0.2, 0) is 9.59 Å². The van der Waals surface area contributed by atoms with Gasteiger partial charge in [0.1, 0.15) is 6.04 Å². The molecule has 5 nitrogen and oxygen atoms in total. The minimum absolute atomic E-state index is 0.141. The summed E-state index contributed by atoms with van der Waals surface area (Å²) >= 11 is 0. The number of carboxylic acid groups (broad SMARTS) is 1. The third-order valence-corrected chi connectivity index (χ3v) is 3.50. The van der Waals surface area contributed by atoms with Crippen molar-refractivity contribution < 1.29 is 14.7 Å². The summed E-state index contributed by atoms with van der Waals surface area (Å²) in [4.78, 5) is 26.8. The highest BCUT2D eigenvalue weighted by molar-refractivity contribution is 5.86. The molecular weight excluding hydrogens is 244 g/mol. The maximum atomic E-state index is 12.2. The van der Waals surface area contributed by atoms with Crippen LogP contribution in [0.1, 0.15) is 18.5 Å². The van der Waals surface area contributed by atoms with E-state index in [0.29, 0.717) is 6.54 Å². The van der Waals surface area contributed by atoms with E-state index in [-0.39, 0.29) is 18.5 Å². The molecule has 2 unspecified atom stereocenters. The molecule has 1 aromatic rings. The summed E-state index contributed by atoms with van der Waals surface area (Å²) in [6, 6.07) is 8.48. The Balaban J connectivity index is 2.29. The lowest BCUT2D eigenvalue weighted by Gasteiger charge is -2.41. The summed E-state index contributed by atoms with van der Waals surface area (Å²) in [5.41, 5.74) is 0.951. The van der Waals surface area contributed by atoms with E-state index < -0.39 is 12.0 Å². The van der Waals surface area contributed by atoms with E-state index in [2.05, 4.69) is 0 Å². The van der Waals surface area contributed by atoms with Gasteiger partial charge in [0.15, 0.2) is 0 Å². The molecule has 1 aliphatic heterocycles. The number of carbonyl (C=O) groups excluding carboxylic acids is 1. The Kier molecular flexibility index (Phi) is 3.85. The van der Waals surface area contributed by atoms with Crippen LogP contribution in [0.5, 0.6) is 0 Å². The number of aliphatic carboxylic acids is 1. The van der Waals surface area contributed by atoms with Gasteiger partial charge in [-0.15, -0.1) is 0 Å². The molecule has 1 heterocycles. The lowest BCUT2D eigenvalue weighted by Crippen LogP contribution is -2.58. The van der Waals surface area contributed by atoms with Crippen molar-refractivity contribution in [2.45, 2.75) is 19.0 Å². The molecule has 1 fully saturated rings. The smallest absolute Gasteiger partial charge is 0.327 e. The predicted octanol–water partition coefficient (Wildman–Crippen LogP) is 0.975. The number of benzene rings is 1. The zero-order valence-corrected chi connectivity index (χ0v) is 11.1. The van der Waals surface area contributed by atoms with Crippen LogP contribution in [-0.4, -0.2) is 53.0 Å². The van der Waals surface area contributed by atoms with Crippen molar-refractivity contribution in [3.63, 3.8) is 0 Å². The first kappa shape index (κ1) is 13.5. The maximum absolute atomic E-state index is 12.2. The Morgan fingerprint density at radius 1 is 1.37 bits per heavy atom. The minimum Gasteiger partial charge on any atom is -0.480 e. The van der Waals surface area contributed by atoms with Crippen molar-refractivity contribution in [3.8, 4) is 0 Å². The number of amides is 1. The molecule has 2 rings (SSSR count). The third-order valence-electron chi connectivity index (χ3n) is 3.50. The van der Waals surface area contributed by atoms with E-state index in [9.17, 15) is 14.7 Å². The van der Waals surface area contributed by atoms with Crippen molar-refractivity contribution in [3.05, 3.63) is 35.9 Å². The number of carbonyl (C=O) groups is 2. The van der Waals surface area contributed by atoms with E-state index >= 15 is 0 Å². The van der Waals surface area contributed by atoms with E-state index in [0.717, 1.165) is 5.56 Å². The van der Waals surface area contributed by atoms with E-state index in [4.69, 9.17) is 0 Å². The SMILES string of the molecule is CC(c1ccccc1)N1C(=O)CN(C)CC1C(=O)O. The fraction of sp³-hybridized carbons (Fsp3) is 0.429. The zero-order valence-electron chi connectivity index (χ0n) is 11.1. The molecular formula is C14H18N2O3. The third kappa shape index (κ3) is 2.76. The van der Waals surface area contributed by atoms with Crippen LogP contribution in [0.3, 0.4) is 0 Å². The van der Waals surface area contributed by atoms with Gasteiger partial charge in [-0.2, -0.15) is 0 Å². The van der Waals surface area contributed by atoms with Gasteiger partial charge in [0.2, 0.25) is 5.91 Å². The molecule has 0 saturated carbocycles. The fourth-order valence-electron chi connectivity index (χ4n) is 2.51. The molecule has 5 heteroatoms. The Labute approximate surface area is 112 Å². The molecule has 1 aromatic carbocycles. The largest absolute Gasteiger partial charge is 0.480 e. The Morgan fingerprint density at radius 2 is 2.00 bits per heavy atom. The second-order valence-corrected chi connectivity index (χ2v) is 4.94. The Hall–Kier alpha value is -1.88. The van der Waals surface area contributed by atoms with Gasteiger partial charge in [-0.05, 0) is 19.5 Å². The second kappa shape index (κ2) is 5.40. The van der Waals surface area contributed by atoms with Crippen molar-refractivity contribution in [2.75, 3.05) is 20.1 Å². The van der Waals surface area contributed by atoms with Crippen molar-refractivity contribution in [2.24, 2.45) is 0 Å². The first-order valence-electron chi connectivity index (χ1n) is 6.28. The van der Waals surface area contributed by atoms with Crippen molar-refractivity contribution >= 4 is 11.9 Å². The lowest BCUT2D eigenvalue weighted by molar-refractivity contribution is -0.157. The average molecular weight is 262 g/mol. The minimum atomic E-state index is -0.956. The van der Waals surface area contributed by atoms with Crippen molar-refractivity contribution in [1.82, 2.24) is 9.80 Å². The summed E-state index contributed by atoms with van der Waals surface area (Å²) in [6.45, 7) is 2.49. The Morgan fingerprint density at radius 3 is 2.58 bits per heavy atom. The number of carboxylic acids is 1. The molecule has 102 valence electrons. The molecule has 0 bridgehead atoms. The van der Waals surface area contributed by atoms with Crippen LogP contribution >= 0.6 is 0 Å². The zero-order chi connectivity index (χ0) is 14.0. The van der Waals surface area contributed by atoms with Crippen LogP contribution < -0.4 is 0 Å². The highest BCUT2D eigenvalue weighted by Crippen LogP contribution is 2.25. The maximum Gasteiger partial charge on any atom is 0.327 e. The number of likely N-dealkylation sites (N-methyl/N-ethyl adjacent to an activating group) is 1. The highest BCUT2D eigenvalue weighted by atomic mass is 16.4. The van der Waals surface area contributed by atoms with Crippen molar-refractivity contribution in [1.29, 1.82) is 0 Å². The summed E-state index contributed by atoms with van der Waals surface area (Å²) in [5, 5.41) is 9.32. The number of piperazine rings is 1. The van der Waals surface area contributed by atoms with Crippen LogP contribution in [0.2, 0.25) is 0 Å². The lowest BCUT2D eigenvalue weighted by atomic mass is 10.0. The van der Waals surface area contributed by atoms with E-state index in [1.807, 2.05) is 37.3 Å².